The average molecular weight is 290 g/mol. The van der Waals surface area contributed by atoms with Gasteiger partial charge in [-0.3, -0.25) is 9.59 Å². The van der Waals surface area contributed by atoms with Gasteiger partial charge in [0.15, 0.2) is 5.78 Å². The van der Waals surface area contributed by atoms with Gasteiger partial charge >= 0.3 is 0 Å². The normalized spacial score (nSPS) is 29.8. The second-order valence-corrected chi connectivity index (χ2v) is 7.27. The third-order valence-electron chi connectivity index (χ3n) is 5.24. The van der Waals surface area contributed by atoms with Crippen LogP contribution in [0.1, 0.15) is 53.9 Å². The van der Waals surface area contributed by atoms with Gasteiger partial charge in [0.2, 0.25) is 0 Å². The van der Waals surface area contributed by atoms with Gasteiger partial charge < -0.3 is 4.74 Å². The van der Waals surface area contributed by atoms with Crippen molar-refractivity contribution in [2.24, 2.45) is 11.3 Å². The predicted octanol–water partition coefficient (Wildman–Crippen LogP) is 3.63. The molecule has 0 spiro atoms. The number of allylic oxidation sites excluding steroid dienone is 2. The number of ether oxygens (including phenoxy) is 1. The van der Waals surface area contributed by atoms with Crippen LogP contribution in [0, 0.1) is 11.3 Å². The van der Waals surface area contributed by atoms with E-state index in [0.29, 0.717) is 24.7 Å². The van der Waals surface area contributed by atoms with Crippen LogP contribution in [-0.4, -0.2) is 24.3 Å². The SMILES string of the molecule is CC1=C(C2CC2)C(=O)CC(C)(C)C1(C)OC/C(C)=C\C=O. The number of aldehydes is 1. The Labute approximate surface area is 127 Å². The Kier molecular flexibility index (Phi) is 4.25. The van der Waals surface area contributed by atoms with Crippen molar-refractivity contribution in [2.45, 2.75) is 59.5 Å². The Morgan fingerprint density at radius 2 is 1.95 bits per heavy atom. The molecule has 0 aromatic carbocycles. The number of carbonyl (C=O) groups excluding carboxylic acids is 2. The lowest BCUT2D eigenvalue weighted by molar-refractivity contribution is -0.130. The smallest absolute Gasteiger partial charge is 0.159 e. The number of ketones is 1. The number of carbonyl (C=O) groups is 2. The van der Waals surface area contributed by atoms with Crippen LogP contribution >= 0.6 is 0 Å². The molecule has 0 N–H and O–H groups in total. The van der Waals surface area contributed by atoms with E-state index in [4.69, 9.17) is 4.74 Å². The second-order valence-electron chi connectivity index (χ2n) is 7.27. The van der Waals surface area contributed by atoms with E-state index in [1.54, 1.807) is 0 Å². The van der Waals surface area contributed by atoms with E-state index >= 15 is 0 Å². The third-order valence-corrected chi connectivity index (χ3v) is 5.24. The highest BCUT2D eigenvalue weighted by Gasteiger charge is 2.52. The van der Waals surface area contributed by atoms with E-state index in [1.165, 1.54) is 6.08 Å². The Morgan fingerprint density at radius 3 is 2.48 bits per heavy atom. The van der Waals surface area contributed by atoms with Crippen LogP contribution in [0.3, 0.4) is 0 Å². The van der Waals surface area contributed by atoms with Crippen molar-refractivity contribution in [2.75, 3.05) is 6.61 Å². The predicted molar refractivity (Wildman–Crippen MR) is 83.0 cm³/mol. The van der Waals surface area contributed by atoms with E-state index < -0.39 is 5.60 Å². The van der Waals surface area contributed by atoms with Crippen molar-refractivity contribution in [1.82, 2.24) is 0 Å². The molecule has 3 heteroatoms. The molecule has 0 radical (unpaired) electrons. The molecule has 0 amide bonds. The summed E-state index contributed by atoms with van der Waals surface area (Å²) in [4.78, 5) is 23.0. The minimum absolute atomic E-state index is 0.242. The van der Waals surface area contributed by atoms with Crippen LogP contribution in [0.25, 0.3) is 0 Å². The van der Waals surface area contributed by atoms with Crippen LogP contribution in [0.5, 0.6) is 0 Å². The first kappa shape index (κ1) is 16.2. The first-order valence-corrected chi connectivity index (χ1v) is 7.72. The van der Waals surface area contributed by atoms with Crippen LogP contribution in [0.15, 0.2) is 22.8 Å². The standard InChI is InChI=1S/C18H26O3/c1-12(8-9-19)11-21-18(5)13(2)16(14-6-7-14)15(20)10-17(18,3)4/h8-9,14H,6-7,10-11H2,1-5H3/b12-8-. The zero-order chi connectivity index (χ0) is 15.8. The average Bonchev–Trinajstić information content (AvgIpc) is 3.18. The zero-order valence-corrected chi connectivity index (χ0v) is 13.8. The highest BCUT2D eigenvalue weighted by Crippen LogP contribution is 2.52. The van der Waals surface area contributed by atoms with E-state index in [-0.39, 0.29) is 5.41 Å². The number of Topliss-reactive ketones (excluding diaryl/α,β-unsaturated/α-hetero) is 1. The molecule has 2 aliphatic rings. The lowest BCUT2D eigenvalue weighted by Gasteiger charge is -2.48. The molecule has 116 valence electrons. The Hall–Kier alpha value is -1.22. The monoisotopic (exact) mass is 290 g/mol. The van der Waals surface area contributed by atoms with Crippen molar-refractivity contribution in [1.29, 1.82) is 0 Å². The summed E-state index contributed by atoms with van der Waals surface area (Å²) in [6, 6.07) is 0. The van der Waals surface area contributed by atoms with Gasteiger partial charge in [0.05, 0.1) is 12.2 Å². The Bertz CT molecular complexity index is 521. The van der Waals surface area contributed by atoms with Gasteiger partial charge in [0.25, 0.3) is 0 Å². The van der Waals surface area contributed by atoms with E-state index in [2.05, 4.69) is 20.8 Å². The highest BCUT2D eigenvalue weighted by atomic mass is 16.5. The molecule has 1 fully saturated rings. The molecule has 21 heavy (non-hydrogen) atoms. The summed E-state index contributed by atoms with van der Waals surface area (Å²) in [6.45, 7) is 10.6. The van der Waals surface area contributed by atoms with Gasteiger partial charge in [0.1, 0.15) is 6.29 Å². The van der Waals surface area contributed by atoms with Gasteiger partial charge in [-0.15, -0.1) is 0 Å². The van der Waals surface area contributed by atoms with Crippen LogP contribution in [0.2, 0.25) is 0 Å². The minimum Gasteiger partial charge on any atom is -0.366 e. The quantitative estimate of drug-likeness (QED) is 0.573. The van der Waals surface area contributed by atoms with Crippen molar-refractivity contribution in [3.63, 3.8) is 0 Å². The Balaban J connectivity index is 2.34. The molecule has 1 saturated carbocycles. The van der Waals surface area contributed by atoms with Gasteiger partial charge in [-0.05, 0) is 56.8 Å². The maximum atomic E-state index is 12.5. The van der Waals surface area contributed by atoms with Gasteiger partial charge in [-0.2, -0.15) is 0 Å². The summed E-state index contributed by atoms with van der Waals surface area (Å²) in [5.41, 5.74) is 2.30. The summed E-state index contributed by atoms with van der Waals surface area (Å²) < 4.78 is 6.23. The molecular weight excluding hydrogens is 264 g/mol. The largest absolute Gasteiger partial charge is 0.366 e. The minimum atomic E-state index is -0.461. The third kappa shape index (κ3) is 2.89. The molecule has 3 nitrogen and oxygen atoms in total. The van der Waals surface area contributed by atoms with Crippen LogP contribution < -0.4 is 0 Å². The maximum absolute atomic E-state index is 12.5. The first-order valence-electron chi connectivity index (χ1n) is 7.72. The van der Waals surface area contributed by atoms with Crippen LogP contribution in [-0.2, 0) is 14.3 Å². The van der Waals surface area contributed by atoms with Crippen molar-refractivity contribution < 1.29 is 14.3 Å². The lowest BCUT2D eigenvalue weighted by Crippen LogP contribution is -2.51. The topological polar surface area (TPSA) is 43.4 Å². The second kappa shape index (κ2) is 5.53. The molecule has 0 aliphatic heterocycles. The molecule has 0 aromatic heterocycles. The summed E-state index contributed by atoms with van der Waals surface area (Å²) in [5.74, 6) is 0.740. The summed E-state index contributed by atoms with van der Waals surface area (Å²) >= 11 is 0. The fourth-order valence-corrected chi connectivity index (χ4v) is 3.27. The van der Waals surface area contributed by atoms with Crippen molar-refractivity contribution >= 4 is 12.1 Å². The lowest BCUT2D eigenvalue weighted by atomic mass is 9.62. The molecule has 2 rings (SSSR count). The van der Waals surface area contributed by atoms with E-state index in [9.17, 15) is 9.59 Å². The molecule has 0 bridgehead atoms. The molecule has 0 saturated heterocycles. The number of rotatable bonds is 5. The summed E-state index contributed by atoms with van der Waals surface area (Å²) in [5, 5.41) is 0. The number of hydrogen-bond donors (Lipinski definition) is 0. The summed E-state index contributed by atoms with van der Waals surface area (Å²) in [6.07, 6.45) is 5.10. The van der Waals surface area contributed by atoms with E-state index in [0.717, 1.165) is 35.8 Å². The summed E-state index contributed by atoms with van der Waals surface area (Å²) in [7, 11) is 0. The fraction of sp³-hybridized carbons (Fsp3) is 0.667. The van der Waals surface area contributed by atoms with Gasteiger partial charge in [-0.1, -0.05) is 13.8 Å². The highest BCUT2D eigenvalue weighted by molar-refractivity contribution is 5.99. The molecular formula is C18H26O3. The zero-order valence-electron chi connectivity index (χ0n) is 13.8. The van der Waals surface area contributed by atoms with Crippen molar-refractivity contribution in [3.05, 3.63) is 22.8 Å². The fourth-order valence-electron chi connectivity index (χ4n) is 3.27. The Morgan fingerprint density at radius 1 is 1.33 bits per heavy atom. The van der Waals surface area contributed by atoms with Crippen LogP contribution in [0.4, 0.5) is 0 Å². The molecule has 1 atom stereocenters. The van der Waals surface area contributed by atoms with Gasteiger partial charge in [0, 0.05) is 17.4 Å². The molecule has 2 aliphatic carbocycles. The van der Waals surface area contributed by atoms with Gasteiger partial charge in [-0.25, -0.2) is 0 Å². The number of hydrogen-bond acceptors (Lipinski definition) is 3. The molecule has 0 aromatic rings. The molecule has 0 heterocycles. The van der Waals surface area contributed by atoms with E-state index in [1.807, 2.05) is 13.8 Å². The van der Waals surface area contributed by atoms with Crippen molar-refractivity contribution in [3.8, 4) is 0 Å². The maximum Gasteiger partial charge on any atom is 0.159 e. The molecule has 1 unspecified atom stereocenters. The first-order chi connectivity index (χ1) is 9.73.